The second-order valence-corrected chi connectivity index (χ2v) is 5.27. The number of nitrogens with one attached hydrogen (secondary N) is 1. The topological polar surface area (TPSA) is 15.3 Å². The van der Waals surface area contributed by atoms with Gasteiger partial charge in [-0.3, -0.25) is 0 Å². The molecule has 0 heterocycles. The van der Waals surface area contributed by atoms with Crippen molar-refractivity contribution in [3.63, 3.8) is 0 Å². The van der Waals surface area contributed by atoms with E-state index in [-0.39, 0.29) is 0 Å². The van der Waals surface area contributed by atoms with Gasteiger partial charge in [0.1, 0.15) is 0 Å². The first-order valence-electron chi connectivity index (χ1n) is 6.51. The van der Waals surface area contributed by atoms with Gasteiger partial charge >= 0.3 is 0 Å². The lowest BCUT2D eigenvalue weighted by Crippen LogP contribution is -2.42. The van der Waals surface area contributed by atoms with Gasteiger partial charge in [-0.05, 0) is 51.9 Å². The molecule has 0 aromatic rings. The predicted molar refractivity (Wildman–Crippen MR) is 67.1 cm³/mol. The highest BCUT2D eigenvalue weighted by Gasteiger charge is 2.29. The molecule has 1 rings (SSSR count). The van der Waals surface area contributed by atoms with Crippen LogP contribution in [0, 0.1) is 11.8 Å². The second kappa shape index (κ2) is 6.49. The van der Waals surface area contributed by atoms with Crippen LogP contribution in [0.25, 0.3) is 0 Å². The zero-order chi connectivity index (χ0) is 11.3. The Morgan fingerprint density at radius 1 is 1.27 bits per heavy atom. The lowest BCUT2D eigenvalue weighted by atomic mass is 9.77. The van der Waals surface area contributed by atoms with E-state index < -0.39 is 0 Å². The fourth-order valence-electron chi connectivity index (χ4n) is 2.85. The first-order valence-corrected chi connectivity index (χ1v) is 6.51. The van der Waals surface area contributed by atoms with E-state index in [1.165, 1.54) is 32.2 Å². The minimum absolute atomic E-state index is 0.825. The van der Waals surface area contributed by atoms with E-state index in [2.05, 4.69) is 31.1 Å². The number of hydrogen-bond donors (Lipinski definition) is 1. The molecular formula is C13H28N2. The van der Waals surface area contributed by atoms with E-state index in [9.17, 15) is 0 Å². The number of rotatable bonds is 5. The first-order chi connectivity index (χ1) is 7.16. The Hall–Kier alpha value is -0.0800. The van der Waals surface area contributed by atoms with Crippen molar-refractivity contribution in [1.29, 1.82) is 0 Å². The minimum Gasteiger partial charge on any atom is -0.320 e. The van der Waals surface area contributed by atoms with Crippen LogP contribution in [0.3, 0.4) is 0 Å². The summed E-state index contributed by atoms with van der Waals surface area (Å²) in [6, 6.07) is 0.825. The Morgan fingerprint density at radius 3 is 2.67 bits per heavy atom. The van der Waals surface area contributed by atoms with Crippen molar-refractivity contribution in [2.45, 2.75) is 45.6 Å². The predicted octanol–water partition coefficient (Wildman–Crippen LogP) is 2.35. The zero-order valence-electron chi connectivity index (χ0n) is 10.9. The molecule has 0 saturated heterocycles. The van der Waals surface area contributed by atoms with E-state index in [1.807, 2.05) is 7.05 Å². The summed E-state index contributed by atoms with van der Waals surface area (Å²) in [5, 5.41) is 3.22. The van der Waals surface area contributed by atoms with E-state index >= 15 is 0 Å². The molecule has 1 fully saturated rings. The van der Waals surface area contributed by atoms with Crippen LogP contribution in [0.15, 0.2) is 0 Å². The highest BCUT2D eigenvalue weighted by Crippen LogP contribution is 2.32. The third-order valence-electron chi connectivity index (χ3n) is 4.17. The largest absolute Gasteiger partial charge is 0.320 e. The molecule has 15 heavy (non-hydrogen) atoms. The molecule has 0 radical (unpaired) electrons. The van der Waals surface area contributed by atoms with Gasteiger partial charge in [0.05, 0.1) is 0 Å². The van der Waals surface area contributed by atoms with Gasteiger partial charge in [-0.25, -0.2) is 0 Å². The van der Waals surface area contributed by atoms with Gasteiger partial charge in [-0.15, -0.1) is 0 Å². The maximum atomic E-state index is 3.22. The van der Waals surface area contributed by atoms with E-state index in [0.29, 0.717) is 0 Å². The lowest BCUT2D eigenvalue weighted by Gasteiger charge is -2.40. The van der Waals surface area contributed by atoms with Crippen molar-refractivity contribution in [3.8, 4) is 0 Å². The molecule has 2 nitrogen and oxygen atoms in total. The van der Waals surface area contributed by atoms with Crippen molar-refractivity contribution < 1.29 is 0 Å². The van der Waals surface area contributed by atoms with Crippen LogP contribution < -0.4 is 5.32 Å². The molecule has 3 atom stereocenters. The normalized spacial score (nSPS) is 32.2. The SMILES string of the molecule is CNCCCN(C)C1CCCC(C)C1C. The van der Waals surface area contributed by atoms with Crippen LogP contribution in [-0.4, -0.2) is 38.1 Å². The Labute approximate surface area is 95.4 Å². The zero-order valence-corrected chi connectivity index (χ0v) is 10.9. The van der Waals surface area contributed by atoms with E-state index in [4.69, 9.17) is 0 Å². The molecule has 1 aliphatic carbocycles. The van der Waals surface area contributed by atoms with Crippen LogP contribution in [0.4, 0.5) is 0 Å². The fraction of sp³-hybridized carbons (Fsp3) is 1.00. The number of hydrogen-bond acceptors (Lipinski definition) is 2. The molecule has 2 heteroatoms. The quantitative estimate of drug-likeness (QED) is 0.704. The molecule has 1 aliphatic rings. The molecule has 1 N–H and O–H groups in total. The summed E-state index contributed by atoms with van der Waals surface area (Å²) >= 11 is 0. The van der Waals surface area contributed by atoms with Crippen LogP contribution in [0.5, 0.6) is 0 Å². The third-order valence-corrected chi connectivity index (χ3v) is 4.17. The summed E-state index contributed by atoms with van der Waals surface area (Å²) in [7, 11) is 4.33. The first kappa shape index (κ1) is 13.0. The summed E-state index contributed by atoms with van der Waals surface area (Å²) in [6.45, 7) is 7.23. The smallest absolute Gasteiger partial charge is 0.0120 e. The summed E-state index contributed by atoms with van der Waals surface area (Å²) in [5.41, 5.74) is 0. The highest BCUT2D eigenvalue weighted by molar-refractivity contribution is 4.83. The molecule has 0 aliphatic heterocycles. The second-order valence-electron chi connectivity index (χ2n) is 5.27. The van der Waals surface area contributed by atoms with Gasteiger partial charge in [0.15, 0.2) is 0 Å². The number of nitrogens with zero attached hydrogens (tertiary/aromatic N) is 1. The van der Waals surface area contributed by atoms with Crippen LogP contribution in [-0.2, 0) is 0 Å². The van der Waals surface area contributed by atoms with Gasteiger partial charge < -0.3 is 10.2 Å². The maximum Gasteiger partial charge on any atom is 0.0120 e. The Balaban J connectivity index is 2.33. The van der Waals surface area contributed by atoms with Gasteiger partial charge in [0.2, 0.25) is 0 Å². The molecule has 1 saturated carbocycles. The molecule has 3 unspecified atom stereocenters. The van der Waals surface area contributed by atoms with Crippen molar-refractivity contribution in [2.75, 3.05) is 27.2 Å². The molecule has 0 aromatic carbocycles. The molecule has 0 amide bonds. The minimum atomic E-state index is 0.825. The average molecular weight is 212 g/mol. The third kappa shape index (κ3) is 3.76. The summed E-state index contributed by atoms with van der Waals surface area (Å²) < 4.78 is 0. The van der Waals surface area contributed by atoms with E-state index in [0.717, 1.165) is 24.4 Å². The van der Waals surface area contributed by atoms with Crippen LogP contribution in [0.2, 0.25) is 0 Å². The summed E-state index contributed by atoms with van der Waals surface area (Å²) in [5.74, 6) is 1.79. The lowest BCUT2D eigenvalue weighted by molar-refractivity contribution is 0.102. The summed E-state index contributed by atoms with van der Waals surface area (Å²) in [4.78, 5) is 2.58. The van der Waals surface area contributed by atoms with Crippen molar-refractivity contribution in [3.05, 3.63) is 0 Å². The molecular weight excluding hydrogens is 184 g/mol. The highest BCUT2D eigenvalue weighted by atomic mass is 15.1. The average Bonchev–Trinajstić information content (AvgIpc) is 2.22. The molecule has 90 valence electrons. The van der Waals surface area contributed by atoms with Crippen LogP contribution >= 0.6 is 0 Å². The maximum absolute atomic E-state index is 3.22. The van der Waals surface area contributed by atoms with Gasteiger partial charge in [0, 0.05) is 6.04 Å². The van der Waals surface area contributed by atoms with Gasteiger partial charge in [-0.1, -0.05) is 26.7 Å². The summed E-state index contributed by atoms with van der Waals surface area (Å²) in [6.07, 6.45) is 5.53. The standard InChI is InChI=1S/C13H28N2/c1-11-7-5-8-13(12(11)2)15(4)10-6-9-14-3/h11-14H,5-10H2,1-4H3. The van der Waals surface area contributed by atoms with E-state index in [1.54, 1.807) is 0 Å². The van der Waals surface area contributed by atoms with Crippen molar-refractivity contribution >= 4 is 0 Å². The van der Waals surface area contributed by atoms with Crippen LogP contribution in [0.1, 0.15) is 39.5 Å². The van der Waals surface area contributed by atoms with Crippen molar-refractivity contribution in [1.82, 2.24) is 10.2 Å². The Kier molecular flexibility index (Phi) is 5.62. The van der Waals surface area contributed by atoms with Gasteiger partial charge in [-0.2, -0.15) is 0 Å². The monoisotopic (exact) mass is 212 g/mol. The van der Waals surface area contributed by atoms with Crippen molar-refractivity contribution in [2.24, 2.45) is 11.8 Å². The molecule has 0 spiro atoms. The molecule has 0 aromatic heterocycles. The Morgan fingerprint density at radius 2 is 2.00 bits per heavy atom. The molecule has 0 bridgehead atoms. The Bertz CT molecular complexity index is 170. The fourth-order valence-corrected chi connectivity index (χ4v) is 2.85. The van der Waals surface area contributed by atoms with Gasteiger partial charge in [0.25, 0.3) is 0 Å².